The van der Waals surface area contributed by atoms with E-state index in [0.29, 0.717) is 13.1 Å². The largest absolute Gasteiger partial charge is 0.451 e. The minimum atomic E-state index is 0.0666. The van der Waals surface area contributed by atoms with Gasteiger partial charge in [-0.3, -0.25) is 9.69 Å². The number of carbonyl (C=O) groups excluding carboxylic acids is 1. The van der Waals surface area contributed by atoms with Gasteiger partial charge in [0.2, 0.25) is 5.91 Å². The van der Waals surface area contributed by atoms with Gasteiger partial charge in [-0.2, -0.15) is 0 Å². The van der Waals surface area contributed by atoms with Crippen molar-refractivity contribution < 1.29 is 13.6 Å². The number of para-hydroxylation sites is 1. The van der Waals surface area contributed by atoms with Crippen LogP contribution in [0.25, 0.3) is 0 Å². The molecule has 0 atom stereocenters. The number of anilines is 1. The van der Waals surface area contributed by atoms with Crippen molar-refractivity contribution in [1.29, 1.82) is 0 Å². The Kier molecular flexibility index (Phi) is 4.30. The van der Waals surface area contributed by atoms with Crippen LogP contribution in [0.2, 0.25) is 0 Å². The number of benzene rings is 1. The van der Waals surface area contributed by atoms with Gasteiger partial charge in [0.15, 0.2) is 12.8 Å². The quantitative estimate of drug-likeness (QED) is 0.686. The maximum atomic E-state index is 12.9. The second kappa shape index (κ2) is 6.90. The third-order valence-corrected chi connectivity index (χ3v) is 4.29. The fourth-order valence-corrected chi connectivity index (χ4v) is 3.13. The van der Waals surface area contributed by atoms with Crippen LogP contribution in [-0.4, -0.2) is 33.9 Å². The monoisotopic (exact) mass is 338 g/mol. The Balaban J connectivity index is 1.49. The molecule has 1 aliphatic rings. The Morgan fingerprint density at radius 1 is 1.08 bits per heavy atom. The highest BCUT2D eigenvalue weighted by Gasteiger charge is 2.26. The molecule has 0 aliphatic carbocycles. The molecule has 0 spiro atoms. The van der Waals surface area contributed by atoms with E-state index in [1.807, 2.05) is 28.0 Å². The Morgan fingerprint density at radius 3 is 2.40 bits per heavy atom. The molecule has 1 aromatic carbocycles. The summed E-state index contributed by atoms with van der Waals surface area (Å²) in [6.45, 7) is 2.00. The van der Waals surface area contributed by atoms with Crippen molar-refractivity contribution in [2.24, 2.45) is 0 Å². The normalized spacial score (nSPS) is 13.4. The van der Waals surface area contributed by atoms with E-state index >= 15 is 0 Å². The predicted octanol–water partition coefficient (Wildman–Crippen LogP) is 2.25. The van der Waals surface area contributed by atoms with Gasteiger partial charge in [0.1, 0.15) is 12.5 Å². The first kappa shape index (κ1) is 15.6. The number of hydrogen-bond acceptors (Lipinski definition) is 6. The molecular formula is C18H18N4O3. The molecule has 0 radical (unpaired) electrons. The molecule has 0 N–H and O–H groups in total. The third-order valence-electron chi connectivity index (χ3n) is 4.29. The number of oxazole rings is 2. The lowest BCUT2D eigenvalue weighted by molar-refractivity contribution is -0.119. The molecule has 4 rings (SSSR count). The topological polar surface area (TPSA) is 75.6 Å². The molecule has 0 saturated carbocycles. The lowest BCUT2D eigenvalue weighted by atomic mass is 10.2. The number of hydrogen-bond donors (Lipinski definition) is 0. The number of aromatic nitrogens is 2. The van der Waals surface area contributed by atoms with Crippen LogP contribution < -0.4 is 4.90 Å². The van der Waals surface area contributed by atoms with Gasteiger partial charge in [0.05, 0.1) is 17.9 Å². The van der Waals surface area contributed by atoms with Crippen LogP contribution in [0.4, 0.5) is 5.69 Å². The Hall–Kier alpha value is -2.93. The van der Waals surface area contributed by atoms with Crippen LogP contribution in [0, 0.1) is 0 Å². The van der Waals surface area contributed by atoms with Crippen LogP contribution in [0.1, 0.15) is 17.0 Å². The van der Waals surface area contributed by atoms with Crippen molar-refractivity contribution in [3.05, 3.63) is 66.5 Å². The molecule has 1 amide bonds. The van der Waals surface area contributed by atoms with E-state index in [1.165, 1.54) is 18.4 Å². The molecule has 0 unspecified atom stereocenters. The van der Waals surface area contributed by atoms with Gasteiger partial charge < -0.3 is 13.7 Å². The first-order chi connectivity index (χ1) is 12.3. The Morgan fingerprint density at radius 2 is 1.76 bits per heavy atom. The van der Waals surface area contributed by atoms with Crippen molar-refractivity contribution in [3.63, 3.8) is 0 Å². The summed E-state index contributed by atoms with van der Waals surface area (Å²) in [5.74, 6) is 0.0666. The molecule has 2 aromatic heterocycles. The number of nitrogens with zero attached hydrogens (tertiary/aromatic N) is 4. The first-order valence-electron chi connectivity index (χ1n) is 8.14. The van der Waals surface area contributed by atoms with Crippen molar-refractivity contribution in [1.82, 2.24) is 14.9 Å². The van der Waals surface area contributed by atoms with Gasteiger partial charge in [0.25, 0.3) is 0 Å². The summed E-state index contributed by atoms with van der Waals surface area (Å²) in [4.78, 5) is 25.0. The molecule has 3 aromatic rings. The lowest BCUT2D eigenvalue weighted by Crippen LogP contribution is -2.39. The van der Waals surface area contributed by atoms with Gasteiger partial charge in [0, 0.05) is 25.3 Å². The average Bonchev–Trinajstić information content (AvgIpc) is 3.36. The van der Waals surface area contributed by atoms with E-state index < -0.39 is 0 Å². The molecule has 0 bridgehead atoms. The number of amides is 1. The third kappa shape index (κ3) is 3.46. The molecule has 7 heteroatoms. The number of fused-ring (bicyclic) bond motifs is 1. The molecule has 25 heavy (non-hydrogen) atoms. The fourth-order valence-electron chi connectivity index (χ4n) is 3.13. The van der Waals surface area contributed by atoms with E-state index in [4.69, 9.17) is 8.83 Å². The maximum absolute atomic E-state index is 12.9. The van der Waals surface area contributed by atoms with Crippen LogP contribution in [-0.2, 0) is 24.3 Å². The zero-order chi connectivity index (χ0) is 17.1. The molecule has 0 fully saturated rings. The zero-order valence-corrected chi connectivity index (χ0v) is 13.7. The molecule has 3 heterocycles. The summed E-state index contributed by atoms with van der Waals surface area (Å²) in [5, 5.41) is 0. The van der Waals surface area contributed by atoms with Crippen LogP contribution in [0.5, 0.6) is 0 Å². The maximum Gasteiger partial charge on any atom is 0.241 e. The molecule has 1 aliphatic heterocycles. The highest BCUT2D eigenvalue weighted by atomic mass is 16.3. The van der Waals surface area contributed by atoms with E-state index in [1.54, 1.807) is 12.5 Å². The van der Waals surface area contributed by atoms with Gasteiger partial charge in [-0.15, -0.1) is 0 Å². The SMILES string of the molecule is O=C(CN(Cc1cocn1)Cc1cocn1)N1CCc2ccccc21. The van der Waals surface area contributed by atoms with Crippen molar-refractivity contribution in [2.75, 3.05) is 18.0 Å². The summed E-state index contributed by atoms with van der Waals surface area (Å²) in [7, 11) is 0. The Bertz CT molecular complexity index is 794. The second-order valence-electron chi connectivity index (χ2n) is 6.03. The van der Waals surface area contributed by atoms with E-state index in [-0.39, 0.29) is 12.5 Å². The highest BCUT2D eigenvalue weighted by Crippen LogP contribution is 2.27. The summed E-state index contributed by atoms with van der Waals surface area (Å²) < 4.78 is 10.1. The average molecular weight is 338 g/mol. The molecule has 0 saturated heterocycles. The minimum Gasteiger partial charge on any atom is -0.451 e. The van der Waals surface area contributed by atoms with Crippen molar-refractivity contribution >= 4 is 11.6 Å². The van der Waals surface area contributed by atoms with Gasteiger partial charge in [-0.05, 0) is 18.1 Å². The minimum absolute atomic E-state index is 0.0666. The molecule has 7 nitrogen and oxygen atoms in total. The number of rotatable bonds is 6. The first-order valence-corrected chi connectivity index (χ1v) is 8.14. The lowest BCUT2D eigenvalue weighted by Gasteiger charge is -2.24. The fraction of sp³-hybridized carbons (Fsp3) is 0.278. The molecule has 128 valence electrons. The zero-order valence-electron chi connectivity index (χ0n) is 13.7. The predicted molar refractivity (Wildman–Crippen MR) is 89.6 cm³/mol. The van der Waals surface area contributed by atoms with Crippen molar-refractivity contribution in [2.45, 2.75) is 19.5 Å². The van der Waals surface area contributed by atoms with Gasteiger partial charge in [-0.1, -0.05) is 18.2 Å². The summed E-state index contributed by atoms with van der Waals surface area (Å²) in [6, 6.07) is 8.05. The Labute approximate surface area is 144 Å². The van der Waals surface area contributed by atoms with Crippen LogP contribution in [0.15, 0.2) is 58.4 Å². The number of carbonyl (C=O) groups is 1. The van der Waals surface area contributed by atoms with Crippen molar-refractivity contribution in [3.8, 4) is 0 Å². The van der Waals surface area contributed by atoms with Gasteiger partial charge >= 0.3 is 0 Å². The smallest absolute Gasteiger partial charge is 0.241 e. The summed E-state index contributed by atoms with van der Waals surface area (Å²) in [5.41, 5.74) is 3.78. The summed E-state index contributed by atoms with van der Waals surface area (Å²) in [6.07, 6.45) is 6.86. The van der Waals surface area contributed by atoms with Crippen LogP contribution in [0.3, 0.4) is 0 Å². The highest BCUT2D eigenvalue weighted by molar-refractivity contribution is 5.96. The van der Waals surface area contributed by atoms with Gasteiger partial charge in [-0.25, -0.2) is 9.97 Å². The second-order valence-corrected chi connectivity index (χ2v) is 6.03. The standard InChI is InChI=1S/C18H18N4O3/c23-18(22-6-5-14-3-1-2-4-17(14)22)9-21(7-15-10-24-12-19-15)8-16-11-25-13-20-16/h1-4,10-13H,5-9H2. The molecular weight excluding hydrogens is 320 g/mol. The van der Waals surface area contributed by atoms with E-state index in [9.17, 15) is 4.79 Å². The van der Waals surface area contributed by atoms with E-state index in [0.717, 1.165) is 30.0 Å². The van der Waals surface area contributed by atoms with E-state index in [2.05, 4.69) is 16.0 Å². The van der Waals surface area contributed by atoms with Crippen LogP contribution >= 0.6 is 0 Å². The summed E-state index contributed by atoms with van der Waals surface area (Å²) >= 11 is 0.